The molecular weight excluding hydrogens is 138 g/mol. The van der Waals surface area contributed by atoms with Crippen LogP contribution < -0.4 is 0 Å². The molecule has 0 aliphatic carbocycles. The number of hydroxylamine groups is 2. The molecule has 0 fully saturated rings. The van der Waals surface area contributed by atoms with E-state index >= 15 is 0 Å². The van der Waals surface area contributed by atoms with Gasteiger partial charge in [0.05, 0.1) is 0 Å². The smallest absolute Gasteiger partial charge is 0.0491 e. The van der Waals surface area contributed by atoms with Gasteiger partial charge in [-0.25, -0.2) is 0 Å². The van der Waals surface area contributed by atoms with Crippen molar-refractivity contribution in [2.75, 3.05) is 13.1 Å². The molecule has 1 aliphatic heterocycles. The highest BCUT2D eigenvalue weighted by Gasteiger charge is 2.12. The van der Waals surface area contributed by atoms with Gasteiger partial charge < -0.3 is 5.21 Å². The summed E-state index contributed by atoms with van der Waals surface area (Å²) in [4.78, 5) is 0. The summed E-state index contributed by atoms with van der Waals surface area (Å²) < 4.78 is 0. The van der Waals surface area contributed by atoms with Crippen molar-refractivity contribution in [3.05, 3.63) is 36.5 Å². The third-order valence-corrected chi connectivity index (χ3v) is 1.90. The predicted octanol–water partition coefficient (Wildman–Crippen LogP) is 1.75. The Hall–Kier alpha value is -0.860. The molecule has 0 aromatic rings. The minimum absolute atomic E-state index is 0.574. The van der Waals surface area contributed by atoms with E-state index < -0.39 is 0 Å². The molecule has 11 heavy (non-hydrogen) atoms. The first-order chi connectivity index (χ1) is 5.27. The van der Waals surface area contributed by atoms with Crippen molar-refractivity contribution >= 4 is 0 Å². The predicted molar refractivity (Wildman–Crippen MR) is 45.4 cm³/mol. The van der Waals surface area contributed by atoms with Crippen LogP contribution >= 0.6 is 0 Å². The fourth-order valence-corrected chi connectivity index (χ4v) is 1.22. The molecule has 0 bridgehead atoms. The SMILES string of the molecule is C=CC1=C(C=C)CN(O)CC1. The lowest BCUT2D eigenvalue weighted by molar-refractivity contribution is -0.0843. The maximum absolute atomic E-state index is 9.14. The Bertz CT molecular complexity index is 206. The second-order valence-corrected chi connectivity index (χ2v) is 2.60. The number of hydrogen-bond acceptors (Lipinski definition) is 2. The Balaban J connectivity index is 2.82. The Morgan fingerprint density at radius 3 is 2.45 bits per heavy atom. The van der Waals surface area contributed by atoms with E-state index in [4.69, 9.17) is 5.21 Å². The van der Waals surface area contributed by atoms with Gasteiger partial charge in [-0.1, -0.05) is 25.3 Å². The summed E-state index contributed by atoms with van der Waals surface area (Å²) in [5, 5.41) is 10.4. The van der Waals surface area contributed by atoms with Crippen molar-refractivity contribution in [1.29, 1.82) is 0 Å². The highest BCUT2D eigenvalue weighted by molar-refractivity contribution is 5.33. The molecule has 0 spiro atoms. The van der Waals surface area contributed by atoms with Gasteiger partial charge in [0.2, 0.25) is 0 Å². The van der Waals surface area contributed by atoms with Gasteiger partial charge in [0.25, 0.3) is 0 Å². The molecule has 2 heteroatoms. The van der Waals surface area contributed by atoms with Gasteiger partial charge >= 0.3 is 0 Å². The quantitative estimate of drug-likeness (QED) is 0.650. The first-order valence-electron chi connectivity index (χ1n) is 3.68. The van der Waals surface area contributed by atoms with E-state index in [0.717, 1.165) is 12.0 Å². The maximum atomic E-state index is 9.14. The zero-order chi connectivity index (χ0) is 8.27. The number of allylic oxidation sites excluding steroid dienone is 1. The van der Waals surface area contributed by atoms with E-state index in [-0.39, 0.29) is 0 Å². The van der Waals surface area contributed by atoms with Crippen LogP contribution in [0.1, 0.15) is 6.42 Å². The van der Waals surface area contributed by atoms with E-state index in [1.807, 2.05) is 6.08 Å². The van der Waals surface area contributed by atoms with E-state index in [1.54, 1.807) is 6.08 Å². The zero-order valence-corrected chi connectivity index (χ0v) is 6.58. The van der Waals surface area contributed by atoms with E-state index in [1.165, 1.54) is 10.6 Å². The van der Waals surface area contributed by atoms with Crippen molar-refractivity contribution < 1.29 is 5.21 Å². The maximum Gasteiger partial charge on any atom is 0.0491 e. The minimum atomic E-state index is 0.574. The largest absolute Gasteiger partial charge is 0.314 e. The van der Waals surface area contributed by atoms with Gasteiger partial charge in [-0.15, -0.1) is 0 Å². The third-order valence-electron chi connectivity index (χ3n) is 1.90. The summed E-state index contributed by atoms with van der Waals surface area (Å²) in [6.45, 7) is 8.64. The summed E-state index contributed by atoms with van der Waals surface area (Å²) in [6.07, 6.45) is 4.48. The molecule has 0 aromatic heterocycles. The first-order valence-corrected chi connectivity index (χ1v) is 3.68. The summed E-state index contributed by atoms with van der Waals surface area (Å²) in [5.74, 6) is 0. The number of hydrogen-bond donors (Lipinski definition) is 1. The van der Waals surface area contributed by atoms with Crippen molar-refractivity contribution in [2.45, 2.75) is 6.42 Å². The lowest BCUT2D eigenvalue weighted by Crippen LogP contribution is -2.27. The van der Waals surface area contributed by atoms with E-state index in [9.17, 15) is 0 Å². The van der Waals surface area contributed by atoms with Gasteiger partial charge in [-0.2, -0.15) is 5.06 Å². The van der Waals surface area contributed by atoms with Crippen LogP contribution in [0.4, 0.5) is 0 Å². The fraction of sp³-hybridized carbons (Fsp3) is 0.333. The molecule has 0 saturated carbocycles. The first kappa shape index (κ1) is 8.24. The van der Waals surface area contributed by atoms with Crippen LogP contribution in [-0.2, 0) is 0 Å². The van der Waals surface area contributed by atoms with Gasteiger partial charge in [-0.05, 0) is 17.6 Å². The van der Waals surface area contributed by atoms with Crippen molar-refractivity contribution in [1.82, 2.24) is 5.06 Å². The van der Waals surface area contributed by atoms with Gasteiger partial charge in [0, 0.05) is 13.1 Å². The van der Waals surface area contributed by atoms with Crippen LogP contribution in [0.5, 0.6) is 0 Å². The van der Waals surface area contributed by atoms with Crippen LogP contribution in [0.15, 0.2) is 36.5 Å². The Labute approximate surface area is 67.1 Å². The van der Waals surface area contributed by atoms with Gasteiger partial charge in [0.1, 0.15) is 0 Å². The second-order valence-electron chi connectivity index (χ2n) is 2.60. The molecule has 0 saturated heterocycles. The summed E-state index contributed by atoms with van der Waals surface area (Å²) in [5.41, 5.74) is 2.28. The van der Waals surface area contributed by atoms with Crippen LogP contribution in [0, 0.1) is 0 Å². The Kier molecular flexibility index (Phi) is 2.63. The van der Waals surface area contributed by atoms with Crippen molar-refractivity contribution in [3.8, 4) is 0 Å². The molecule has 1 N–H and O–H groups in total. The summed E-state index contributed by atoms with van der Waals surface area (Å²) >= 11 is 0. The third kappa shape index (κ3) is 1.79. The molecule has 60 valence electrons. The zero-order valence-electron chi connectivity index (χ0n) is 6.58. The normalized spacial score (nSPS) is 20.1. The topological polar surface area (TPSA) is 23.5 Å². The molecule has 2 nitrogen and oxygen atoms in total. The van der Waals surface area contributed by atoms with Crippen molar-refractivity contribution in [3.63, 3.8) is 0 Å². The fourth-order valence-electron chi connectivity index (χ4n) is 1.22. The van der Waals surface area contributed by atoms with Gasteiger partial charge in [0.15, 0.2) is 0 Å². The lowest BCUT2D eigenvalue weighted by Gasteiger charge is -2.22. The molecule has 0 amide bonds. The highest BCUT2D eigenvalue weighted by Crippen LogP contribution is 2.17. The molecule has 1 heterocycles. The molecular formula is C9H13NO. The second kappa shape index (κ2) is 3.51. The molecule has 1 aliphatic rings. The average molecular weight is 151 g/mol. The summed E-state index contributed by atoms with van der Waals surface area (Å²) in [7, 11) is 0. The van der Waals surface area contributed by atoms with Crippen molar-refractivity contribution in [2.24, 2.45) is 0 Å². The van der Waals surface area contributed by atoms with E-state index in [2.05, 4.69) is 13.2 Å². The monoisotopic (exact) mass is 151 g/mol. The minimum Gasteiger partial charge on any atom is -0.314 e. The van der Waals surface area contributed by atoms with Gasteiger partial charge in [-0.3, -0.25) is 0 Å². The standard InChI is InChI=1S/C9H13NO/c1-3-8-5-6-10(11)7-9(8)4-2/h3-4,11H,1-2,5-7H2. The molecule has 0 atom stereocenters. The number of nitrogens with zero attached hydrogens (tertiary/aromatic N) is 1. The molecule has 0 radical (unpaired) electrons. The number of rotatable bonds is 2. The average Bonchev–Trinajstić information content (AvgIpc) is 2.04. The lowest BCUT2D eigenvalue weighted by atomic mass is 10.0. The molecule has 1 rings (SSSR count). The molecule has 0 aromatic carbocycles. The van der Waals surface area contributed by atoms with Crippen LogP contribution in [-0.4, -0.2) is 23.4 Å². The Morgan fingerprint density at radius 2 is 1.91 bits per heavy atom. The van der Waals surface area contributed by atoms with E-state index in [0.29, 0.717) is 13.1 Å². The molecule has 0 unspecified atom stereocenters. The highest BCUT2D eigenvalue weighted by atomic mass is 16.5. The van der Waals surface area contributed by atoms with Crippen LogP contribution in [0.25, 0.3) is 0 Å². The van der Waals surface area contributed by atoms with Crippen LogP contribution in [0.3, 0.4) is 0 Å². The summed E-state index contributed by atoms with van der Waals surface area (Å²) in [6, 6.07) is 0. The van der Waals surface area contributed by atoms with Crippen LogP contribution in [0.2, 0.25) is 0 Å². The Morgan fingerprint density at radius 1 is 1.27 bits per heavy atom.